The quantitative estimate of drug-likeness (QED) is 0.567. The first-order valence-electron chi connectivity index (χ1n) is 11.0. The lowest BCUT2D eigenvalue weighted by Gasteiger charge is -2.39. The third-order valence-electron chi connectivity index (χ3n) is 6.09. The molecular weight excluding hydrogens is 350 g/mol. The van der Waals surface area contributed by atoms with Crippen molar-refractivity contribution in [3.05, 3.63) is 23.8 Å². The highest BCUT2D eigenvalue weighted by molar-refractivity contribution is 5.42. The smallest absolute Gasteiger partial charge is 0.161 e. The first-order valence-corrected chi connectivity index (χ1v) is 11.0. The van der Waals surface area contributed by atoms with Gasteiger partial charge in [-0.1, -0.05) is 20.3 Å². The fourth-order valence-electron chi connectivity index (χ4n) is 4.45. The van der Waals surface area contributed by atoms with Crippen LogP contribution < -0.4 is 14.8 Å². The molecule has 2 atom stereocenters. The van der Waals surface area contributed by atoms with Crippen LogP contribution in [0.5, 0.6) is 11.5 Å². The highest BCUT2D eigenvalue weighted by atomic mass is 16.5. The molecule has 0 radical (unpaired) electrons. The fourth-order valence-corrected chi connectivity index (χ4v) is 4.45. The maximum Gasteiger partial charge on any atom is 0.161 e. The summed E-state index contributed by atoms with van der Waals surface area (Å²) in [5.74, 6) is 4.00. The van der Waals surface area contributed by atoms with Crippen LogP contribution in [-0.4, -0.2) is 33.0 Å². The van der Waals surface area contributed by atoms with Crippen LogP contribution >= 0.6 is 0 Å². The van der Waals surface area contributed by atoms with Crippen molar-refractivity contribution < 1.29 is 19.5 Å². The molecule has 0 aliphatic carbocycles. The van der Waals surface area contributed by atoms with Crippen LogP contribution in [0, 0.1) is 17.8 Å². The minimum absolute atomic E-state index is 0.0440. The van der Waals surface area contributed by atoms with Crippen LogP contribution in [0.1, 0.15) is 65.4 Å². The molecule has 2 rings (SSSR count). The molecule has 160 valence electrons. The Labute approximate surface area is 172 Å². The van der Waals surface area contributed by atoms with Crippen LogP contribution in [0.3, 0.4) is 0 Å². The van der Waals surface area contributed by atoms with E-state index in [1.807, 2.05) is 6.07 Å². The number of benzene rings is 1. The fraction of sp³-hybridized carbons (Fsp3) is 0.750. The highest BCUT2D eigenvalue weighted by Gasteiger charge is 2.33. The van der Waals surface area contributed by atoms with Crippen LogP contribution in [0.2, 0.25) is 0 Å². The third-order valence-corrected chi connectivity index (χ3v) is 6.09. The van der Waals surface area contributed by atoms with Crippen molar-refractivity contribution in [2.45, 2.75) is 71.9 Å². The third kappa shape index (κ3) is 7.29. The molecule has 4 heteroatoms. The monoisotopic (exact) mass is 392 g/mol. The molecule has 1 saturated heterocycles. The summed E-state index contributed by atoms with van der Waals surface area (Å²) in [6.07, 6.45) is 6.40. The maximum atomic E-state index is 5.97. The molecule has 1 aromatic rings. The predicted molar refractivity (Wildman–Crippen MR) is 115 cm³/mol. The molecule has 0 aromatic heterocycles. The van der Waals surface area contributed by atoms with E-state index in [1.165, 1.54) is 44.2 Å². The SMILES string of the molecule is COc1ccc(C[NH2+]CC[C@H](CCC(C)C)[C@H]2CCOC(C)(C)C2)cc1OC. The van der Waals surface area contributed by atoms with Crippen LogP contribution in [0.15, 0.2) is 18.2 Å². The molecule has 1 aromatic carbocycles. The van der Waals surface area contributed by atoms with E-state index in [0.717, 1.165) is 42.4 Å². The average Bonchev–Trinajstić information content (AvgIpc) is 2.66. The van der Waals surface area contributed by atoms with Gasteiger partial charge in [-0.2, -0.15) is 0 Å². The second-order valence-electron chi connectivity index (χ2n) is 9.35. The Morgan fingerprint density at radius 1 is 1.11 bits per heavy atom. The highest BCUT2D eigenvalue weighted by Crippen LogP contribution is 2.37. The molecule has 0 saturated carbocycles. The second-order valence-corrected chi connectivity index (χ2v) is 9.35. The average molecular weight is 393 g/mol. The van der Waals surface area contributed by atoms with Crippen molar-refractivity contribution in [2.75, 3.05) is 27.4 Å². The Morgan fingerprint density at radius 2 is 1.86 bits per heavy atom. The molecule has 1 aliphatic heterocycles. The number of nitrogens with two attached hydrogens (primary N) is 1. The Kier molecular flexibility index (Phi) is 9.10. The number of hydrogen-bond donors (Lipinski definition) is 1. The van der Waals surface area contributed by atoms with Gasteiger partial charge in [-0.05, 0) is 75.5 Å². The van der Waals surface area contributed by atoms with Crippen LogP contribution in [0.4, 0.5) is 0 Å². The van der Waals surface area contributed by atoms with Gasteiger partial charge >= 0.3 is 0 Å². The number of quaternary nitrogens is 1. The molecule has 2 N–H and O–H groups in total. The van der Waals surface area contributed by atoms with Crippen molar-refractivity contribution in [3.63, 3.8) is 0 Å². The first kappa shape index (κ1) is 23.0. The Morgan fingerprint density at radius 3 is 2.50 bits per heavy atom. The van der Waals surface area contributed by atoms with Gasteiger partial charge in [-0.15, -0.1) is 0 Å². The van der Waals surface area contributed by atoms with Gasteiger partial charge in [-0.25, -0.2) is 0 Å². The van der Waals surface area contributed by atoms with E-state index in [-0.39, 0.29) is 5.60 Å². The predicted octanol–water partition coefficient (Wildman–Crippen LogP) is 4.41. The minimum atomic E-state index is 0.0440. The molecule has 1 aliphatic rings. The van der Waals surface area contributed by atoms with Crippen molar-refractivity contribution in [3.8, 4) is 11.5 Å². The van der Waals surface area contributed by atoms with Crippen molar-refractivity contribution >= 4 is 0 Å². The van der Waals surface area contributed by atoms with Gasteiger partial charge in [0.1, 0.15) is 6.54 Å². The Balaban J connectivity index is 1.87. The maximum absolute atomic E-state index is 5.97. The molecule has 4 nitrogen and oxygen atoms in total. The molecule has 0 unspecified atom stereocenters. The molecule has 28 heavy (non-hydrogen) atoms. The summed E-state index contributed by atoms with van der Waals surface area (Å²) in [6, 6.07) is 6.22. The van der Waals surface area contributed by atoms with Gasteiger partial charge in [0.15, 0.2) is 11.5 Å². The lowest BCUT2D eigenvalue weighted by molar-refractivity contribution is -0.671. The lowest BCUT2D eigenvalue weighted by atomic mass is 9.75. The van der Waals surface area contributed by atoms with Gasteiger partial charge in [0, 0.05) is 12.2 Å². The van der Waals surface area contributed by atoms with Gasteiger partial charge in [0.25, 0.3) is 0 Å². The molecule has 0 bridgehead atoms. The lowest BCUT2D eigenvalue weighted by Crippen LogP contribution is -2.82. The molecule has 0 spiro atoms. The summed E-state index contributed by atoms with van der Waals surface area (Å²) < 4.78 is 16.7. The number of rotatable bonds is 11. The van der Waals surface area contributed by atoms with Crippen LogP contribution in [0.25, 0.3) is 0 Å². The van der Waals surface area contributed by atoms with E-state index in [0.29, 0.717) is 0 Å². The normalized spacial score (nSPS) is 20.2. The summed E-state index contributed by atoms with van der Waals surface area (Å²) in [7, 11) is 3.37. The molecule has 0 amide bonds. The second kappa shape index (κ2) is 11.1. The van der Waals surface area contributed by atoms with Crippen LogP contribution in [-0.2, 0) is 11.3 Å². The summed E-state index contributed by atoms with van der Waals surface area (Å²) in [5.41, 5.74) is 1.33. The summed E-state index contributed by atoms with van der Waals surface area (Å²) >= 11 is 0. The molecule has 1 heterocycles. The van der Waals surface area contributed by atoms with E-state index < -0.39 is 0 Å². The molecular formula is C24H42NO3+. The summed E-state index contributed by atoms with van der Waals surface area (Å²) in [5, 5.41) is 2.44. The first-order chi connectivity index (χ1) is 13.3. The van der Waals surface area contributed by atoms with E-state index in [2.05, 4.69) is 45.1 Å². The minimum Gasteiger partial charge on any atom is -0.493 e. The summed E-state index contributed by atoms with van der Waals surface area (Å²) in [6.45, 7) is 12.3. The Bertz CT molecular complexity index is 585. The van der Waals surface area contributed by atoms with Gasteiger partial charge < -0.3 is 19.5 Å². The van der Waals surface area contributed by atoms with E-state index in [9.17, 15) is 0 Å². The zero-order valence-electron chi connectivity index (χ0n) is 18.9. The van der Waals surface area contributed by atoms with E-state index in [1.54, 1.807) is 14.2 Å². The van der Waals surface area contributed by atoms with Crippen molar-refractivity contribution in [1.29, 1.82) is 0 Å². The van der Waals surface area contributed by atoms with Crippen molar-refractivity contribution in [1.82, 2.24) is 0 Å². The molecule has 1 fully saturated rings. The number of hydrogen-bond acceptors (Lipinski definition) is 3. The van der Waals surface area contributed by atoms with Gasteiger partial charge in [0.2, 0.25) is 0 Å². The standard InChI is InChI=1S/C24H41NO3/c1-18(2)7-9-20(21-12-14-28-24(3,4)16-21)11-13-25-17-19-8-10-22(26-5)23(15-19)27-6/h8,10,15,18,20-21,25H,7,9,11-14,16-17H2,1-6H3/p+1/t20-,21-/m0/s1. The van der Waals surface area contributed by atoms with E-state index in [4.69, 9.17) is 14.2 Å². The Hall–Kier alpha value is -1.26. The number of ether oxygens (including phenoxy) is 3. The summed E-state index contributed by atoms with van der Waals surface area (Å²) in [4.78, 5) is 0. The zero-order chi connectivity index (χ0) is 20.6. The van der Waals surface area contributed by atoms with E-state index >= 15 is 0 Å². The largest absolute Gasteiger partial charge is 0.493 e. The zero-order valence-corrected chi connectivity index (χ0v) is 18.9. The van der Waals surface area contributed by atoms with Gasteiger partial charge in [-0.3, -0.25) is 0 Å². The topological polar surface area (TPSA) is 44.3 Å². The van der Waals surface area contributed by atoms with Crippen molar-refractivity contribution in [2.24, 2.45) is 17.8 Å². The number of methoxy groups -OCH3 is 2. The van der Waals surface area contributed by atoms with Gasteiger partial charge in [0.05, 0.1) is 26.4 Å².